The summed E-state index contributed by atoms with van der Waals surface area (Å²) in [6.07, 6.45) is 4.27. The van der Waals surface area contributed by atoms with E-state index in [1.807, 2.05) is 24.3 Å². The van der Waals surface area contributed by atoms with E-state index >= 15 is 0 Å². The van der Waals surface area contributed by atoms with Gasteiger partial charge < -0.3 is 15.3 Å². The molecule has 1 aromatic heterocycles. The second-order valence-corrected chi connectivity index (χ2v) is 6.97. The van der Waals surface area contributed by atoms with Gasteiger partial charge in [0.15, 0.2) is 5.69 Å². The van der Waals surface area contributed by atoms with Crippen LogP contribution in [0.1, 0.15) is 45.1 Å². The molecule has 0 unspecified atom stereocenters. The molecule has 1 aliphatic rings. The van der Waals surface area contributed by atoms with Gasteiger partial charge >= 0.3 is 5.97 Å². The largest absolute Gasteiger partial charge is 0.476 e. The van der Waals surface area contributed by atoms with Crippen LogP contribution in [0, 0.1) is 0 Å². The summed E-state index contributed by atoms with van der Waals surface area (Å²) in [5, 5.41) is 13.9. The predicted octanol–water partition coefficient (Wildman–Crippen LogP) is 2.80. The molecule has 1 aliphatic heterocycles. The maximum absolute atomic E-state index is 12.2. The first kappa shape index (κ1) is 17.4. The van der Waals surface area contributed by atoms with Gasteiger partial charge in [0.2, 0.25) is 0 Å². The normalized spacial score (nSPS) is 14.3. The average molecular weight is 359 g/mol. The number of aromatic carboxylic acids is 1. The van der Waals surface area contributed by atoms with E-state index in [1.54, 1.807) is 0 Å². The van der Waals surface area contributed by atoms with Crippen LogP contribution in [-0.4, -0.2) is 41.6 Å². The molecular weight excluding hydrogens is 338 g/mol. The highest BCUT2D eigenvalue weighted by molar-refractivity contribution is 7.09. The Hall–Kier alpha value is -2.41. The Morgan fingerprint density at radius 2 is 1.88 bits per heavy atom. The lowest BCUT2D eigenvalue weighted by Gasteiger charge is -2.28. The number of carboxylic acids is 1. The number of nitrogens with zero attached hydrogens (tertiary/aromatic N) is 2. The minimum atomic E-state index is -1.03. The van der Waals surface area contributed by atoms with Gasteiger partial charge in [0.25, 0.3) is 5.91 Å². The maximum Gasteiger partial charge on any atom is 0.355 e. The quantitative estimate of drug-likeness (QED) is 0.829. The van der Waals surface area contributed by atoms with Crippen LogP contribution >= 0.6 is 11.3 Å². The topological polar surface area (TPSA) is 82.5 Å². The summed E-state index contributed by atoms with van der Waals surface area (Å²) in [5.74, 6) is -1.15. The predicted molar refractivity (Wildman–Crippen MR) is 97.6 cm³/mol. The molecule has 25 heavy (non-hydrogen) atoms. The molecule has 2 heterocycles. The van der Waals surface area contributed by atoms with Crippen LogP contribution in [0.4, 0.5) is 5.69 Å². The number of hydrogen-bond acceptors (Lipinski definition) is 5. The molecule has 3 rings (SSSR count). The smallest absolute Gasteiger partial charge is 0.355 e. The third-order valence-corrected chi connectivity index (χ3v) is 5.15. The fourth-order valence-corrected chi connectivity index (χ4v) is 3.66. The van der Waals surface area contributed by atoms with Crippen LogP contribution in [-0.2, 0) is 6.42 Å². The second kappa shape index (κ2) is 8.11. The van der Waals surface area contributed by atoms with Crippen LogP contribution in [0.15, 0.2) is 29.6 Å². The van der Waals surface area contributed by atoms with Gasteiger partial charge in [-0.05, 0) is 43.5 Å². The number of carbonyl (C=O) groups excluding carboxylic acids is 1. The zero-order valence-electron chi connectivity index (χ0n) is 13.9. The number of anilines is 1. The molecule has 132 valence electrons. The lowest BCUT2D eigenvalue weighted by molar-refractivity contribution is 0.0690. The number of carboxylic acid groups (broad SMARTS) is 1. The van der Waals surface area contributed by atoms with Crippen molar-refractivity contribution in [3.8, 4) is 0 Å². The highest BCUT2D eigenvalue weighted by atomic mass is 32.1. The summed E-state index contributed by atoms with van der Waals surface area (Å²) in [6.45, 7) is 2.59. The van der Waals surface area contributed by atoms with Crippen molar-refractivity contribution in [2.45, 2.75) is 25.7 Å². The Bertz CT molecular complexity index is 736. The summed E-state index contributed by atoms with van der Waals surface area (Å²) >= 11 is 1.29. The molecule has 6 nitrogen and oxygen atoms in total. The highest BCUT2D eigenvalue weighted by Gasteiger charge is 2.12. The number of amides is 1. The van der Waals surface area contributed by atoms with Gasteiger partial charge in [-0.1, -0.05) is 0 Å². The number of hydrogen-bond donors (Lipinski definition) is 2. The van der Waals surface area contributed by atoms with Crippen molar-refractivity contribution >= 4 is 28.9 Å². The van der Waals surface area contributed by atoms with Crippen molar-refractivity contribution in [1.82, 2.24) is 10.3 Å². The van der Waals surface area contributed by atoms with E-state index in [1.165, 1.54) is 41.7 Å². The minimum Gasteiger partial charge on any atom is -0.476 e. The van der Waals surface area contributed by atoms with Gasteiger partial charge in [-0.3, -0.25) is 4.79 Å². The Balaban J connectivity index is 1.49. The molecule has 0 radical (unpaired) electrons. The number of benzene rings is 1. The molecule has 2 aromatic rings. The molecule has 1 aromatic carbocycles. The van der Waals surface area contributed by atoms with Gasteiger partial charge in [-0.15, -0.1) is 11.3 Å². The zero-order valence-corrected chi connectivity index (χ0v) is 14.7. The molecule has 1 saturated heterocycles. The van der Waals surface area contributed by atoms with Crippen molar-refractivity contribution in [3.05, 3.63) is 45.9 Å². The molecule has 0 saturated carbocycles. The third-order valence-electron chi connectivity index (χ3n) is 4.25. The van der Waals surface area contributed by atoms with Gasteiger partial charge in [0, 0.05) is 42.7 Å². The van der Waals surface area contributed by atoms with Gasteiger partial charge in [-0.25, -0.2) is 9.78 Å². The zero-order chi connectivity index (χ0) is 17.6. The summed E-state index contributed by atoms with van der Waals surface area (Å²) < 4.78 is 0. The lowest BCUT2D eigenvalue weighted by atomic mass is 10.1. The third kappa shape index (κ3) is 4.57. The van der Waals surface area contributed by atoms with Crippen LogP contribution in [0.3, 0.4) is 0 Å². The van der Waals surface area contributed by atoms with Crippen LogP contribution in [0.2, 0.25) is 0 Å². The van der Waals surface area contributed by atoms with E-state index in [9.17, 15) is 9.59 Å². The number of carbonyl (C=O) groups is 2. The summed E-state index contributed by atoms with van der Waals surface area (Å²) in [6, 6.07) is 7.71. The van der Waals surface area contributed by atoms with E-state index in [-0.39, 0.29) is 11.6 Å². The fraction of sp³-hybridized carbons (Fsp3) is 0.389. The van der Waals surface area contributed by atoms with Crippen molar-refractivity contribution in [1.29, 1.82) is 0 Å². The first-order chi connectivity index (χ1) is 12.1. The van der Waals surface area contributed by atoms with Crippen LogP contribution in [0.25, 0.3) is 0 Å². The number of piperidine rings is 1. The standard InChI is InChI=1S/C18H21N3O3S/c22-17(19-9-8-16-20-15(12-25-16)18(23)24)13-4-6-14(7-5-13)21-10-2-1-3-11-21/h4-7,12H,1-3,8-11H2,(H,19,22)(H,23,24). The van der Waals surface area contributed by atoms with Crippen LogP contribution < -0.4 is 10.2 Å². The number of rotatable bonds is 6. The van der Waals surface area contributed by atoms with Gasteiger partial charge in [-0.2, -0.15) is 0 Å². The van der Waals surface area contributed by atoms with E-state index in [4.69, 9.17) is 5.11 Å². The average Bonchev–Trinajstić information content (AvgIpc) is 3.12. The fourth-order valence-electron chi connectivity index (χ4n) is 2.88. The Kier molecular flexibility index (Phi) is 5.65. The van der Waals surface area contributed by atoms with Crippen molar-refractivity contribution < 1.29 is 14.7 Å². The molecule has 0 spiro atoms. The Morgan fingerprint density at radius 3 is 2.52 bits per heavy atom. The van der Waals surface area contributed by atoms with E-state index in [0.29, 0.717) is 23.5 Å². The molecule has 1 amide bonds. The summed E-state index contributed by atoms with van der Waals surface area (Å²) in [4.78, 5) is 29.4. The summed E-state index contributed by atoms with van der Waals surface area (Å²) in [5.41, 5.74) is 1.85. The van der Waals surface area contributed by atoms with E-state index in [0.717, 1.165) is 13.1 Å². The van der Waals surface area contributed by atoms with Gasteiger partial charge in [0.05, 0.1) is 5.01 Å². The minimum absolute atomic E-state index is 0.0552. The van der Waals surface area contributed by atoms with E-state index in [2.05, 4.69) is 15.2 Å². The maximum atomic E-state index is 12.2. The number of thiazole rings is 1. The molecule has 0 bridgehead atoms. The summed E-state index contributed by atoms with van der Waals surface area (Å²) in [7, 11) is 0. The SMILES string of the molecule is O=C(NCCc1nc(C(=O)O)cs1)c1ccc(N2CCCCC2)cc1. The van der Waals surface area contributed by atoms with E-state index < -0.39 is 5.97 Å². The van der Waals surface area contributed by atoms with Crippen molar-refractivity contribution in [2.75, 3.05) is 24.5 Å². The van der Waals surface area contributed by atoms with Crippen molar-refractivity contribution in [3.63, 3.8) is 0 Å². The van der Waals surface area contributed by atoms with Crippen LogP contribution in [0.5, 0.6) is 0 Å². The Labute approximate surface area is 150 Å². The molecule has 1 fully saturated rings. The Morgan fingerprint density at radius 1 is 1.16 bits per heavy atom. The molecular formula is C18H21N3O3S. The van der Waals surface area contributed by atoms with Crippen molar-refractivity contribution in [2.24, 2.45) is 0 Å². The number of nitrogens with one attached hydrogen (secondary N) is 1. The molecule has 0 atom stereocenters. The molecule has 0 aliphatic carbocycles. The van der Waals surface area contributed by atoms with Gasteiger partial charge in [0.1, 0.15) is 0 Å². The monoisotopic (exact) mass is 359 g/mol. The first-order valence-electron chi connectivity index (χ1n) is 8.44. The first-order valence-corrected chi connectivity index (χ1v) is 9.32. The lowest BCUT2D eigenvalue weighted by Crippen LogP contribution is -2.29. The second-order valence-electron chi connectivity index (χ2n) is 6.03. The highest BCUT2D eigenvalue weighted by Crippen LogP contribution is 2.20. The molecule has 2 N–H and O–H groups in total. The number of aromatic nitrogens is 1. The molecule has 7 heteroatoms.